The van der Waals surface area contributed by atoms with Crippen LogP contribution in [-0.2, 0) is 4.84 Å². The number of likely N-dealkylation sites (tertiary alicyclic amines) is 1. The van der Waals surface area contributed by atoms with E-state index in [1.54, 1.807) is 29.2 Å². The van der Waals surface area contributed by atoms with Crippen LogP contribution in [0.15, 0.2) is 63.5 Å². The summed E-state index contributed by atoms with van der Waals surface area (Å²) in [6.07, 6.45) is 12.1. The number of rotatable bonds is 15. The molecule has 8 nitrogen and oxygen atoms in total. The fraction of sp³-hybridized carbons (Fsp3) is 0.500. The number of carbonyl (C=O) groups excluding carboxylic acids is 2. The van der Waals surface area contributed by atoms with Gasteiger partial charge in [-0.3, -0.25) is 19.7 Å². The highest BCUT2D eigenvalue weighted by atomic mass is 32.2. The number of nitrogens with zero attached hydrogens (tertiary/aromatic N) is 3. The largest absolute Gasteiger partial charge is 0.435 e. The Bertz CT molecular complexity index is 1100. The highest BCUT2D eigenvalue weighted by Gasteiger charge is 2.20. The zero-order valence-electron chi connectivity index (χ0n) is 22.8. The first-order valence-corrected chi connectivity index (χ1v) is 14.9. The molecule has 2 aromatic rings. The second-order valence-electron chi connectivity index (χ2n) is 9.87. The van der Waals surface area contributed by atoms with Crippen LogP contribution in [0.25, 0.3) is 0 Å². The third kappa shape index (κ3) is 10.5. The first-order valence-electron chi connectivity index (χ1n) is 14.1. The lowest BCUT2D eigenvalue weighted by atomic mass is 10.0. The predicted octanol–water partition coefficient (Wildman–Crippen LogP) is 8.44. The van der Waals surface area contributed by atoms with Gasteiger partial charge in [-0.1, -0.05) is 68.8 Å². The highest BCUT2D eigenvalue weighted by Crippen LogP contribution is 2.29. The van der Waals surface area contributed by atoms with E-state index in [2.05, 4.69) is 12.1 Å². The maximum atomic E-state index is 13.3. The molecule has 0 aliphatic carbocycles. The molecule has 0 atom stereocenters. The van der Waals surface area contributed by atoms with Crippen molar-refractivity contribution in [1.29, 1.82) is 0 Å². The molecule has 39 heavy (non-hydrogen) atoms. The number of carbonyl (C=O) groups is 2. The Balaban J connectivity index is 1.61. The van der Waals surface area contributed by atoms with Gasteiger partial charge >= 0.3 is 6.09 Å². The van der Waals surface area contributed by atoms with Crippen molar-refractivity contribution in [3.8, 4) is 0 Å². The summed E-state index contributed by atoms with van der Waals surface area (Å²) < 4.78 is 0. The maximum Gasteiger partial charge on any atom is 0.435 e. The van der Waals surface area contributed by atoms with Gasteiger partial charge in [0, 0.05) is 40.6 Å². The molecule has 1 heterocycles. The van der Waals surface area contributed by atoms with E-state index in [0.29, 0.717) is 25.1 Å². The lowest BCUT2D eigenvalue weighted by Crippen LogP contribution is -2.35. The Hall–Kier alpha value is -3.20. The van der Waals surface area contributed by atoms with E-state index in [9.17, 15) is 19.7 Å². The Morgan fingerprint density at radius 1 is 0.872 bits per heavy atom. The second kappa shape index (κ2) is 16.7. The fourth-order valence-corrected chi connectivity index (χ4v) is 5.28. The molecule has 0 bridgehead atoms. The number of hydrogen-bond acceptors (Lipinski definition) is 7. The van der Waals surface area contributed by atoms with Crippen molar-refractivity contribution in [1.82, 2.24) is 4.90 Å². The molecular formula is C30H39N3O5S. The lowest BCUT2D eigenvalue weighted by Gasteiger charge is -2.24. The van der Waals surface area contributed by atoms with Crippen LogP contribution in [0.3, 0.4) is 0 Å². The van der Waals surface area contributed by atoms with Crippen LogP contribution in [-0.4, -0.2) is 40.5 Å². The summed E-state index contributed by atoms with van der Waals surface area (Å²) in [7, 11) is 0. The molecule has 0 aromatic heterocycles. The Kier molecular flexibility index (Phi) is 13.0. The number of oxime groups is 1. The number of unbranched alkanes of at least 4 members (excludes halogenated alkanes) is 7. The molecule has 0 unspecified atom stereocenters. The summed E-state index contributed by atoms with van der Waals surface area (Å²) in [6.45, 7) is 3.52. The minimum atomic E-state index is -0.495. The molecule has 0 radical (unpaired) electrons. The van der Waals surface area contributed by atoms with Crippen LogP contribution in [0.5, 0.6) is 0 Å². The van der Waals surface area contributed by atoms with Crippen molar-refractivity contribution in [2.24, 2.45) is 5.16 Å². The minimum Gasteiger partial charge on any atom is -0.306 e. The number of Topliss-reactive ketones (excluding diaryl/α,β-unsaturated/α-hetero) is 1. The maximum absolute atomic E-state index is 13.3. The van der Waals surface area contributed by atoms with Crippen molar-refractivity contribution in [3.05, 3.63) is 64.2 Å². The van der Waals surface area contributed by atoms with Gasteiger partial charge in [-0.25, -0.2) is 4.79 Å². The smallest absolute Gasteiger partial charge is 0.306 e. The molecule has 1 aliphatic rings. The van der Waals surface area contributed by atoms with Crippen LogP contribution < -0.4 is 0 Å². The summed E-state index contributed by atoms with van der Waals surface area (Å²) in [4.78, 5) is 44.9. The zero-order valence-corrected chi connectivity index (χ0v) is 23.6. The molecule has 1 saturated heterocycles. The van der Waals surface area contributed by atoms with Crippen molar-refractivity contribution in [3.63, 3.8) is 0 Å². The topological polar surface area (TPSA) is 102 Å². The van der Waals surface area contributed by atoms with E-state index in [0.717, 1.165) is 48.3 Å². The molecule has 0 spiro atoms. The first-order chi connectivity index (χ1) is 19.0. The van der Waals surface area contributed by atoms with E-state index < -0.39 is 11.0 Å². The Morgan fingerprint density at radius 2 is 1.44 bits per heavy atom. The monoisotopic (exact) mass is 553 g/mol. The number of benzene rings is 2. The normalized spacial score (nSPS) is 13.8. The van der Waals surface area contributed by atoms with Crippen LogP contribution in [0.1, 0.15) is 94.3 Å². The molecule has 2 aromatic carbocycles. The van der Waals surface area contributed by atoms with Crippen LogP contribution in [0, 0.1) is 10.1 Å². The molecule has 3 rings (SSSR count). The van der Waals surface area contributed by atoms with Crippen molar-refractivity contribution < 1.29 is 19.3 Å². The number of amides is 1. The average molecular weight is 554 g/mol. The Labute approximate surface area is 235 Å². The van der Waals surface area contributed by atoms with E-state index >= 15 is 0 Å². The van der Waals surface area contributed by atoms with Crippen LogP contribution >= 0.6 is 11.8 Å². The van der Waals surface area contributed by atoms with Crippen molar-refractivity contribution in [2.75, 3.05) is 13.1 Å². The molecule has 9 heteroatoms. The van der Waals surface area contributed by atoms with Crippen LogP contribution in [0.4, 0.5) is 10.5 Å². The van der Waals surface area contributed by atoms with Gasteiger partial charge < -0.3 is 4.90 Å². The summed E-state index contributed by atoms with van der Waals surface area (Å²) in [5, 5.41) is 14.9. The Morgan fingerprint density at radius 3 is 2.03 bits per heavy atom. The molecule has 0 saturated carbocycles. The average Bonchev–Trinajstić information content (AvgIpc) is 2.96. The van der Waals surface area contributed by atoms with E-state index in [1.807, 2.05) is 12.1 Å². The number of hydrogen-bond donors (Lipinski definition) is 0. The number of ketones is 1. The minimum absolute atomic E-state index is 0.0459. The van der Waals surface area contributed by atoms with Gasteiger partial charge in [-0.15, -0.1) is 0 Å². The van der Waals surface area contributed by atoms with Gasteiger partial charge in [0.25, 0.3) is 5.69 Å². The lowest BCUT2D eigenvalue weighted by molar-refractivity contribution is -0.384. The third-order valence-electron chi connectivity index (χ3n) is 6.78. The number of non-ortho nitro benzene ring substituents is 1. The highest BCUT2D eigenvalue weighted by molar-refractivity contribution is 7.99. The third-order valence-corrected chi connectivity index (χ3v) is 7.79. The van der Waals surface area contributed by atoms with Crippen molar-refractivity contribution >= 4 is 35.0 Å². The van der Waals surface area contributed by atoms with Gasteiger partial charge in [0.05, 0.1) is 4.92 Å². The molecular weight excluding hydrogens is 514 g/mol. The number of nitro groups is 1. The van der Waals surface area contributed by atoms with Gasteiger partial charge in [0.2, 0.25) is 5.78 Å². The van der Waals surface area contributed by atoms with Gasteiger partial charge in [-0.05, 0) is 68.5 Å². The summed E-state index contributed by atoms with van der Waals surface area (Å²) in [5.74, 6) is -0.240. The molecule has 1 fully saturated rings. The fourth-order valence-electron chi connectivity index (χ4n) is 4.47. The quantitative estimate of drug-likeness (QED) is 0.0547. The van der Waals surface area contributed by atoms with Crippen molar-refractivity contribution in [2.45, 2.75) is 93.8 Å². The molecule has 1 aliphatic heterocycles. The zero-order chi connectivity index (χ0) is 27.9. The van der Waals surface area contributed by atoms with Gasteiger partial charge in [0.15, 0.2) is 0 Å². The van der Waals surface area contributed by atoms with Gasteiger partial charge in [-0.2, -0.15) is 0 Å². The number of nitro benzene ring substituents is 1. The molecule has 210 valence electrons. The van der Waals surface area contributed by atoms with Crippen LogP contribution in [0.2, 0.25) is 0 Å². The standard InChI is InChI=1S/C30H39N3O5S/c1-2-3-4-5-6-7-8-10-13-28(31-38-30(35)32-22-11-9-12-23-32)29(34)24-14-18-26(19-15-24)39-27-20-16-25(17-21-27)33(36)37/h14-21H,2-13,22-23H2,1H3. The number of piperidine rings is 1. The first kappa shape index (κ1) is 30.3. The molecule has 1 amide bonds. The summed E-state index contributed by atoms with van der Waals surface area (Å²) >= 11 is 1.45. The molecule has 0 N–H and O–H groups in total. The van der Waals surface area contributed by atoms with Gasteiger partial charge in [0.1, 0.15) is 5.71 Å². The predicted molar refractivity (Wildman–Crippen MR) is 155 cm³/mol. The summed E-state index contributed by atoms with van der Waals surface area (Å²) in [5.41, 5.74) is 0.794. The second-order valence-corrected chi connectivity index (χ2v) is 11.0. The summed E-state index contributed by atoms with van der Waals surface area (Å²) in [6, 6.07) is 13.5. The van der Waals surface area contributed by atoms with E-state index in [4.69, 9.17) is 4.84 Å². The SMILES string of the molecule is CCCCCCCCCCC(=NOC(=O)N1CCCCC1)C(=O)c1ccc(Sc2ccc([N+](=O)[O-])cc2)cc1. The van der Waals surface area contributed by atoms with E-state index in [-0.39, 0.29) is 17.2 Å². The van der Waals surface area contributed by atoms with E-state index in [1.165, 1.54) is 56.0 Å².